The second kappa shape index (κ2) is 6.02. The maximum absolute atomic E-state index is 10.7. The van der Waals surface area contributed by atoms with E-state index in [2.05, 4.69) is 61.2 Å². The van der Waals surface area contributed by atoms with E-state index in [9.17, 15) is 5.11 Å². The first-order chi connectivity index (χ1) is 11.5. The van der Waals surface area contributed by atoms with Crippen molar-refractivity contribution in [2.45, 2.75) is 39.2 Å². The summed E-state index contributed by atoms with van der Waals surface area (Å²) in [6.07, 6.45) is 3.28. The molecule has 1 heterocycles. The fourth-order valence-corrected chi connectivity index (χ4v) is 4.79. The lowest BCUT2D eigenvalue weighted by molar-refractivity contribution is 0.118. The van der Waals surface area contributed by atoms with E-state index in [1.165, 1.54) is 41.5 Å². The molecule has 4 rings (SSSR count). The first-order valence-electron chi connectivity index (χ1n) is 9.09. The highest BCUT2D eigenvalue weighted by Crippen LogP contribution is 2.44. The average molecular weight is 321 g/mol. The molecule has 0 radical (unpaired) electrons. The first kappa shape index (κ1) is 15.9. The SMILES string of the molecule is Cc1ccc(C(O)CN2CCC3(Cc4ccccc4C3)C2)c(C)c1. The van der Waals surface area contributed by atoms with E-state index in [-0.39, 0.29) is 6.10 Å². The number of benzene rings is 2. The Kier molecular flexibility index (Phi) is 3.98. The monoisotopic (exact) mass is 321 g/mol. The number of aryl methyl sites for hydroxylation is 2. The molecule has 2 aromatic rings. The minimum atomic E-state index is -0.385. The molecule has 24 heavy (non-hydrogen) atoms. The van der Waals surface area contributed by atoms with Crippen molar-refractivity contribution in [2.24, 2.45) is 5.41 Å². The average Bonchev–Trinajstić information content (AvgIpc) is 3.09. The minimum absolute atomic E-state index is 0.385. The molecule has 1 N–H and O–H groups in total. The Bertz CT molecular complexity index is 726. The van der Waals surface area contributed by atoms with Gasteiger partial charge in [0.05, 0.1) is 6.10 Å². The van der Waals surface area contributed by atoms with Gasteiger partial charge in [0, 0.05) is 13.1 Å². The van der Waals surface area contributed by atoms with E-state index in [1.807, 2.05) is 0 Å². The Labute approximate surface area is 145 Å². The number of aliphatic hydroxyl groups is 1. The van der Waals surface area contributed by atoms with E-state index in [0.717, 1.165) is 25.2 Å². The Morgan fingerprint density at radius 3 is 2.46 bits per heavy atom. The van der Waals surface area contributed by atoms with Gasteiger partial charge in [0.1, 0.15) is 0 Å². The van der Waals surface area contributed by atoms with Crippen molar-refractivity contribution < 1.29 is 5.11 Å². The smallest absolute Gasteiger partial charge is 0.0919 e. The van der Waals surface area contributed by atoms with Crippen LogP contribution in [0.15, 0.2) is 42.5 Å². The van der Waals surface area contributed by atoms with Crippen LogP contribution in [0.2, 0.25) is 0 Å². The van der Waals surface area contributed by atoms with Crippen molar-refractivity contribution in [3.8, 4) is 0 Å². The van der Waals surface area contributed by atoms with Gasteiger partial charge in [-0.05, 0) is 67.3 Å². The van der Waals surface area contributed by atoms with Crippen molar-refractivity contribution >= 4 is 0 Å². The molecule has 1 fully saturated rings. The van der Waals surface area contributed by atoms with Gasteiger partial charge in [0.15, 0.2) is 0 Å². The first-order valence-corrected chi connectivity index (χ1v) is 9.09. The van der Waals surface area contributed by atoms with Crippen LogP contribution >= 0.6 is 0 Å². The van der Waals surface area contributed by atoms with Gasteiger partial charge in [0.25, 0.3) is 0 Å². The summed E-state index contributed by atoms with van der Waals surface area (Å²) in [5.74, 6) is 0. The molecular weight excluding hydrogens is 294 g/mol. The summed E-state index contributed by atoms with van der Waals surface area (Å²) in [5, 5.41) is 10.7. The predicted octanol–water partition coefficient (Wildman–Crippen LogP) is 3.83. The summed E-state index contributed by atoms with van der Waals surface area (Å²) < 4.78 is 0. The third kappa shape index (κ3) is 2.89. The van der Waals surface area contributed by atoms with E-state index in [1.54, 1.807) is 0 Å². The molecule has 2 heteroatoms. The van der Waals surface area contributed by atoms with E-state index in [0.29, 0.717) is 5.41 Å². The summed E-state index contributed by atoms with van der Waals surface area (Å²) in [5.41, 5.74) is 7.02. The molecule has 0 saturated carbocycles. The molecule has 1 aliphatic carbocycles. The third-order valence-electron chi connectivity index (χ3n) is 5.98. The number of hydrogen-bond donors (Lipinski definition) is 1. The fourth-order valence-electron chi connectivity index (χ4n) is 4.79. The number of fused-ring (bicyclic) bond motifs is 1. The van der Waals surface area contributed by atoms with Gasteiger partial charge in [-0.15, -0.1) is 0 Å². The molecule has 2 nitrogen and oxygen atoms in total. The van der Waals surface area contributed by atoms with E-state index >= 15 is 0 Å². The van der Waals surface area contributed by atoms with Crippen molar-refractivity contribution in [1.82, 2.24) is 4.90 Å². The molecule has 2 aliphatic rings. The number of aliphatic hydroxyl groups excluding tert-OH is 1. The van der Waals surface area contributed by atoms with Crippen molar-refractivity contribution in [1.29, 1.82) is 0 Å². The second-order valence-electron chi connectivity index (χ2n) is 7.98. The second-order valence-corrected chi connectivity index (χ2v) is 7.98. The number of likely N-dealkylation sites (tertiary alicyclic amines) is 1. The molecule has 0 bridgehead atoms. The fraction of sp³-hybridized carbons (Fsp3) is 0.455. The lowest BCUT2D eigenvalue weighted by atomic mass is 9.84. The highest BCUT2D eigenvalue weighted by atomic mass is 16.3. The van der Waals surface area contributed by atoms with E-state index in [4.69, 9.17) is 0 Å². The topological polar surface area (TPSA) is 23.5 Å². The molecule has 1 aliphatic heterocycles. The molecule has 2 aromatic carbocycles. The summed E-state index contributed by atoms with van der Waals surface area (Å²) >= 11 is 0. The molecule has 0 aromatic heterocycles. The molecule has 126 valence electrons. The minimum Gasteiger partial charge on any atom is -0.387 e. The van der Waals surface area contributed by atoms with Gasteiger partial charge in [-0.3, -0.25) is 4.90 Å². The Hall–Kier alpha value is -1.64. The zero-order valence-electron chi connectivity index (χ0n) is 14.8. The molecule has 0 amide bonds. The van der Waals surface area contributed by atoms with Crippen LogP contribution in [0, 0.1) is 19.3 Å². The van der Waals surface area contributed by atoms with Crippen LogP contribution in [-0.4, -0.2) is 29.6 Å². The summed E-state index contributed by atoms with van der Waals surface area (Å²) in [6, 6.07) is 15.3. The van der Waals surface area contributed by atoms with Crippen molar-refractivity contribution in [2.75, 3.05) is 19.6 Å². The maximum Gasteiger partial charge on any atom is 0.0919 e. The van der Waals surface area contributed by atoms with Gasteiger partial charge in [-0.2, -0.15) is 0 Å². The lowest BCUT2D eigenvalue weighted by Crippen LogP contribution is -2.31. The molecule has 1 atom stereocenters. The van der Waals surface area contributed by atoms with Gasteiger partial charge in [0.2, 0.25) is 0 Å². The van der Waals surface area contributed by atoms with Crippen LogP contribution in [0.5, 0.6) is 0 Å². The zero-order chi connectivity index (χ0) is 16.7. The maximum atomic E-state index is 10.7. The van der Waals surface area contributed by atoms with Crippen LogP contribution in [0.25, 0.3) is 0 Å². The normalized spacial score (nSPS) is 20.5. The predicted molar refractivity (Wildman–Crippen MR) is 98.2 cm³/mol. The molecule has 1 spiro atoms. The number of rotatable bonds is 3. The van der Waals surface area contributed by atoms with Crippen LogP contribution < -0.4 is 0 Å². The standard InChI is InChI=1S/C22H27NO/c1-16-7-8-20(17(2)11-16)21(24)14-23-10-9-22(15-23)12-18-5-3-4-6-19(18)13-22/h3-8,11,21,24H,9-10,12-15H2,1-2H3. The quantitative estimate of drug-likeness (QED) is 0.929. The van der Waals surface area contributed by atoms with E-state index < -0.39 is 0 Å². The summed E-state index contributed by atoms with van der Waals surface area (Å²) in [6.45, 7) is 7.18. The molecular formula is C22H27NO. The Balaban J connectivity index is 1.43. The Morgan fingerprint density at radius 2 is 1.79 bits per heavy atom. The highest BCUT2D eigenvalue weighted by molar-refractivity contribution is 5.35. The van der Waals surface area contributed by atoms with Crippen LogP contribution in [0.3, 0.4) is 0 Å². The van der Waals surface area contributed by atoms with Crippen molar-refractivity contribution in [3.63, 3.8) is 0 Å². The summed E-state index contributed by atoms with van der Waals surface area (Å²) in [7, 11) is 0. The zero-order valence-corrected chi connectivity index (χ0v) is 14.8. The van der Waals surface area contributed by atoms with Gasteiger partial charge in [-0.1, -0.05) is 48.0 Å². The molecule has 1 unspecified atom stereocenters. The number of hydrogen-bond acceptors (Lipinski definition) is 2. The largest absolute Gasteiger partial charge is 0.387 e. The number of β-amino-alcohol motifs (C(OH)–C–C–N with tert-alkyl or cyclic N) is 1. The molecule has 1 saturated heterocycles. The van der Waals surface area contributed by atoms with Gasteiger partial charge < -0.3 is 5.11 Å². The van der Waals surface area contributed by atoms with Crippen LogP contribution in [0.4, 0.5) is 0 Å². The lowest BCUT2D eigenvalue weighted by Gasteiger charge is -2.25. The van der Waals surface area contributed by atoms with Crippen molar-refractivity contribution in [3.05, 3.63) is 70.3 Å². The Morgan fingerprint density at radius 1 is 1.08 bits per heavy atom. The van der Waals surface area contributed by atoms with Crippen LogP contribution in [0.1, 0.15) is 40.3 Å². The van der Waals surface area contributed by atoms with Gasteiger partial charge in [-0.25, -0.2) is 0 Å². The van der Waals surface area contributed by atoms with Crippen LogP contribution in [-0.2, 0) is 12.8 Å². The van der Waals surface area contributed by atoms with Gasteiger partial charge >= 0.3 is 0 Å². The third-order valence-corrected chi connectivity index (χ3v) is 5.98. The summed E-state index contributed by atoms with van der Waals surface area (Å²) in [4.78, 5) is 2.47. The highest BCUT2D eigenvalue weighted by Gasteiger charge is 2.42. The number of nitrogens with zero attached hydrogens (tertiary/aromatic N) is 1.